The van der Waals surface area contributed by atoms with Crippen LogP contribution in [-0.2, 0) is 9.53 Å². The molecule has 0 saturated heterocycles. The van der Waals surface area contributed by atoms with Crippen molar-refractivity contribution < 1.29 is 9.53 Å². The summed E-state index contributed by atoms with van der Waals surface area (Å²) in [6.45, 7) is 4.06. The Balaban J connectivity index is 2.76. The van der Waals surface area contributed by atoms with Crippen LogP contribution in [0.5, 0.6) is 0 Å². The molecule has 1 atom stereocenters. The average Bonchev–Trinajstić information content (AvgIpc) is 2.35. The van der Waals surface area contributed by atoms with Crippen molar-refractivity contribution in [3.8, 4) is 0 Å². The van der Waals surface area contributed by atoms with E-state index in [4.69, 9.17) is 4.74 Å². The van der Waals surface area contributed by atoms with Crippen LogP contribution in [0.1, 0.15) is 26.7 Å². The minimum absolute atomic E-state index is 0.0508. The third-order valence-electron chi connectivity index (χ3n) is 2.02. The average molecular weight is 273 g/mol. The van der Waals surface area contributed by atoms with Crippen LogP contribution in [0.2, 0.25) is 0 Å². The van der Waals surface area contributed by atoms with Gasteiger partial charge in [0.1, 0.15) is 5.25 Å². The molecule has 1 rings (SSSR count). The van der Waals surface area contributed by atoms with Crippen LogP contribution in [0.25, 0.3) is 0 Å². The smallest absolute Gasteiger partial charge is 0.342 e. The Morgan fingerprint density at radius 1 is 1.44 bits per heavy atom. The molecule has 1 aromatic heterocycles. The number of nitrogens with one attached hydrogen (secondary N) is 2. The summed E-state index contributed by atoms with van der Waals surface area (Å²) in [4.78, 5) is 35.9. The van der Waals surface area contributed by atoms with Gasteiger partial charge in [0.25, 0.3) is 5.56 Å². The second kappa shape index (κ2) is 7.00. The highest BCUT2D eigenvalue weighted by Crippen LogP contribution is 2.21. The summed E-state index contributed by atoms with van der Waals surface area (Å²) in [5, 5.41) is 5.27. The summed E-state index contributed by atoms with van der Waals surface area (Å²) in [5.41, 5.74) is -1.28. The molecule has 2 N–H and O–H groups in total. The summed E-state index contributed by atoms with van der Waals surface area (Å²) in [7, 11) is 0. The molecule has 0 spiro atoms. The standard InChI is InChI=1S/C10H15N3O4S/c1-3-5-17-9(15)6(4-2)18-8-7(14)11-10(16)13-12-8/h6H,3-5H2,1-2H3,(H2,11,13,14,16). The first kappa shape index (κ1) is 14.5. The van der Waals surface area contributed by atoms with Crippen molar-refractivity contribution >= 4 is 17.7 Å². The van der Waals surface area contributed by atoms with Gasteiger partial charge in [0.15, 0.2) is 5.03 Å². The summed E-state index contributed by atoms with van der Waals surface area (Å²) in [5.74, 6) is -0.378. The van der Waals surface area contributed by atoms with E-state index in [1.165, 1.54) is 0 Å². The molecule has 0 aliphatic rings. The summed E-state index contributed by atoms with van der Waals surface area (Å²) in [6, 6.07) is 0. The van der Waals surface area contributed by atoms with Crippen LogP contribution >= 0.6 is 11.8 Å². The fraction of sp³-hybridized carbons (Fsp3) is 0.600. The van der Waals surface area contributed by atoms with Gasteiger partial charge in [-0.2, -0.15) is 5.10 Å². The molecule has 1 aromatic rings. The molecule has 0 aliphatic carbocycles. The Bertz CT molecular complexity index is 510. The van der Waals surface area contributed by atoms with Gasteiger partial charge in [-0.25, -0.2) is 9.89 Å². The lowest BCUT2D eigenvalue weighted by Gasteiger charge is -2.11. The predicted octanol–water partition coefficient (Wildman–Crippen LogP) is 0.282. The van der Waals surface area contributed by atoms with Gasteiger partial charge in [-0.05, 0) is 12.8 Å². The van der Waals surface area contributed by atoms with Crippen molar-refractivity contribution in [1.82, 2.24) is 15.2 Å². The molecule has 0 aliphatic heterocycles. The first-order valence-corrected chi connectivity index (χ1v) is 6.48. The zero-order chi connectivity index (χ0) is 13.5. The van der Waals surface area contributed by atoms with Crippen molar-refractivity contribution in [3.05, 3.63) is 20.8 Å². The quantitative estimate of drug-likeness (QED) is 0.570. The van der Waals surface area contributed by atoms with E-state index in [-0.39, 0.29) is 11.0 Å². The van der Waals surface area contributed by atoms with Gasteiger partial charge in [0.05, 0.1) is 6.61 Å². The Kier molecular flexibility index (Phi) is 5.63. The lowest BCUT2D eigenvalue weighted by molar-refractivity contribution is -0.143. The van der Waals surface area contributed by atoms with Gasteiger partial charge in [-0.1, -0.05) is 25.6 Å². The number of thioether (sulfide) groups is 1. The third-order valence-corrected chi connectivity index (χ3v) is 3.33. The fourth-order valence-electron chi connectivity index (χ4n) is 1.15. The highest BCUT2D eigenvalue weighted by molar-refractivity contribution is 8.00. The van der Waals surface area contributed by atoms with Crippen LogP contribution in [0, 0.1) is 0 Å². The van der Waals surface area contributed by atoms with Gasteiger partial charge in [-0.3, -0.25) is 14.6 Å². The van der Waals surface area contributed by atoms with Crippen molar-refractivity contribution in [1.29, 1.82) is 0 Å². The number of carbonyl (C=O) groups is 1. The van der Waals surface area contributed by atoms with E-state index in [9.17, 15) is 14.4 Å². The minimum Gasteiger partial charge on any atom is -0.465 e. The van der Waals surface area contributed by atoms with Crippen molar-refractivity contribution in [3.63, 3.8) is 0 Å². The molecule has 0 saturated carbocycles. The molecule has 0 bridgehead atoms. The lowest BCUT2D eigenvalue weighted by atomic mass is 10.3. The van der Waals surface area contributed by atoms with Crippen LogP contribution < -0.4 is 11.2 Å². The van der Waals surface area contributed by atoms with E-state index >= 15 is 0 Å². The molecular formula is C10H15N3O4S. The molecule has 100 valence electrons. The zero-order valence-electron chi connectivity index (χ0n) is 10.2. The van der Waals surface area contributed by atoms with E-state index < -0.39 is 16.5 Å². The highest BCUT2D eigenvalue weighted by Gasteiger charge is 2.21. The Hall–Kier alpha value is -1.57. The van der Waals surface area contributed by atoms with Gasteiger partial charge in [-0.15, -0.1) is 0 Å². The summed E-state index contributed by atoms with van der Waals surface area (Å²) >= 11 is 0.983. The topological polar surface area (TPSA) is 105 Å². The molecule has 18 heavy (non-hydrogen) atoms. The van der Waals surface area contributed by atoms with Gasteiger partial charge >= 0.3 is 11.7 Å². The molecule has 8 heteroatoms. The van der Waals surface area contributed by atoms with Crippen molar-refractivity contribution in [2.45, 2.75) is 37.0 Å². The van der Waals surface area contributed by atoms with E-state index in [0.717, 1.165) is 18.2 Å². The van der Waals surface area contributed by atoms with Gasteiger partial charge < -0.3 is 4.74 Å². The molecular weight excluding hydrogens is 258 g/mol. The maximum absolute atomic E-state index is 11.7. The number of aromatic nitrogens is 3. The Labute approximate surface area is 107 Å². The number of rotatable bonds is 6. The predicted molar refractivity (Wildman–Crippen MR) is 66.7 cm³/mol. The normalized spacial score (nSPS) is 12.1. The largest absolute Gasteiger partial charge is 0.465 e. The second-order valence-corrected chi connectivity index (χ2v) is 4.69. The molecule has 0 amide bonds. The van der Waals surface area contributed by atoms with Crippen molar-refractivity contribution in [2.24, 2.45) is 0 Å². The molecule has 1 heterocycles. The second-order valence-electron chi connectivity index (χ2n) is 3.49. The molecule has 0 radical (unpaired) electrons. The zero-order valence-corrected chi connectivity index (χ0v) is 11.0. The summed E-state index contributed by atoms with van der Waals surface area (Å²) in [6.07, 6.45) is 1.25. The van der Waals surface area contributed by atoms with Gasteiger partial charge in [0, 0.05) is 0 Å². The first-order valence-electron chi connectivity index (χ1n) is 5.60. The number of carbonyl (C=O) groups excluding carboxylic acids is 1. The highest BCUT2D eigenvalue weighted by atomic mass is 32.2. The van der Waals surface area contributed by atoms with E-state index in [0.29, 0.717) is 13.0 Å². The fourth-order valence-corrected chi connectivity index (χ4v) is 2.00. The molecule has 1 unspecified atom stereocenters. The van der Waals surface area contributed by atoms with E-state index in [1.54, 1.807) is 0 Å². The van der Waals surface area contributed by atoms with Crippen LogP contribution in [0.4, 0.5) is 0 Å². The number of hydrogen-bond acceptors (Lipinski definition) is 6. The van der Waals surface area contributed by atoms with E-state index in [2.05, 4.69) is 10.2 Å². The van der Waals surface area contributed by atoms with Crippen LogP contribution in [0.3, 0.4) is 0 Å². The Morgan fingerprint density at radius 2 is 2.17 bits per heavy atom. The van der Waals surface area contributed by atoms with E-state index in [1.807, 2.05) is 18.8 Å². The number of ether oxygens (including phenoxy) is 1. The molecule has 0 fully saturated rings. The number of esters is 1. The SMILES string of the molecule is CCCOC(=O)C(CC)Sc1n[nH]c(=O)[nH]c1=O. The first-order chi connectivity index (χ1) is 8.58. The lowest BCUT2D eigenvalue weighted by Crippen LogP contribution is -2.27. The summed E-state index contributed by atoms with van der Waals surface area (Å²) < 4.78 is 5.01. The van der Waals surface area contributed by atoms with Crippen LogP contribution in [-0.4, -0.2) is 33.0 Å². The third kappa shape index (κ3) is 4.02. The Morgan fingerprint density at radius 3 is 2.72 bits per heavy atom. The maximum atomic E-state index is 11.7. The molecule has 7 nitrogen and oxygen atoms in total. The number of hydrogen-bond donors (Lipinski definition) is 2. The number of nitrogens with zero attached hydrogens (tertiary/aromatic N) is 1. The monoisotopic (exact) mass is 273 g/mol. The van der Waals surface area contributed by atoms with Crippen molar-refractivity contribution in [2.75, 3.05) is 6.61 Å². The number of H-pyrrole nitrogens is 2. The maximum Gasteiger partial charge on any atom is 0.342 e. The number of aromatic amines is 2. The molecule has 0 aromatic carbocycles. The van der Waals surface area contributed by atoms with Gasteiger partial charge in [0.2, 0.25) is 0 Å². The minimum atomic E-state index is -0.675. The van der Waals surface area contributed by atoms with Crippen LogP contribution in [0.15, 0.2) is 14.6 Å².